The summed E-state index contributed by atoms with van der Waals surface area (Å²) in [6.07, 6.45) is 2.43. The summed E-state index contributed by atoms with van der Waals surface area (Å²) in [5, 5.41) is 12.2. The molecule has 0 bridgehead atoms. The normalized spacial score (nSPS) is 10.8. The van der Waals surface area contributed by atoms with E-state index in [-0.39, 0.29) is 5.91 Å². The van der Waals surface area contributed by atoms with E-state index in [9.17, 15) is 4.79 Å². The van der Waals surface area contributed by atoms with E-state index in [0.717, 1.165) is 32.2 Å². The summed E-state index contributed by atoms with van der Waals surface area (Å²) in [6, 6.07) is 9.67. The van der Waals surface area contributed by atoms with Crippen LogP contribution in [0.5, 0.6) is 0 Å². The lowest BCUT2D eigenvalue weighted by molar-refractivity contribution is 0.0958. The average molecular weight is 374 g/mol. The SMILES string of the molecule is Cc1ccc(C(=O)NCCc2nnc(SCc3ccccn3)n2C)s1. The van der Waals surface area contributed by atoms with Crippen LogP contribution in [0.1, 0.15) is 26.1 Å². The van der Waals surface area contributed by atoms with Crippen LogP contribution in [0.4, 0.5) is 0 Å². The molecule has 3 aromatic heterocycles. The predicted molar refractivity (Wildman–Crippen MR) is 99.9 cm³/mol. The minimum absolute atomic E-state index is 0.0370. The number of hydrogen-bond acceptors (Lipinski definition) is 6. The smallest absolute Gasteiger partial charge is 0.261 e. The van der Waals surface area contributed by atoms with Gasteiger partial charge in [0.2, 0.25) is 0 Å². The van der Waals surface area contributed by atoms with Crippen LogP contribution < -0.4 is 5.32 Å². The van der Waals surface area contributed by atoms with E-state index in [1.807, 2.05) is 48.9 Å². The monoisotopic (exact) mass is 373 g/mol. The highest BCUT2D eigenvalue weighted by molar-refractivity contribution is 7.98. The number of nitrogens with one attached hydrogen (secondary N) is 1. The van der Waals surface area contributed by atoms with Gasteiger partial charge in [-0.05, 0) is 31.2 Å². The number of thioether (sulfide) groups is 1. The van der Waals surface area contributed by atoms with Gasteiger partial charge in [0.05, 0.1) is 10.6 Å². The summed E-state index contributed by atoms with van der Waals surface area (Å²) in [7, 11) is 1.94. The standard InChI is InChI=1S/C17H19N5OS2/c1-12-6-7-14(25-12)16(23)19-10-8-15-20-21-17(22(15)2)24-11-13-5-3-4-9-18-13/h3-7,9H,8,10-11H2,1-2H3,(H,19,23). The molecule has 0 aliphatic rings. The Morgan fingerprint density at radius 1 is 1.28 bits per heavy atom. The number of pyridine rings is 1. The van der Waals surface area contributed by atoms with Crippen molar-refractivity contribution >= 4 is 29.0 Å². The van der Waals surface area contributed by atoms with Crippen molar-refractivity contribution in [1.29, 1.82) is 0 Å². The molecule has 0 unspecified atom stereocenters. The van der Waals surface area contributed by atoms with Crippen LogP contribution in [0.25, 0.3) is 0 Å². The molecule has 0 spiro atoms. The number of thiophene rings is 1. The molecule has 0 saturated heterocycles. The van der Waals surface area contributed by atoms with Crippen molar-refractivity contribution in [2.24, 2.45) is 7.05 Å². The Labute approximate surface area is 154 Å². The van der Waals surface area contributed by atoms with Crippen molar-refractivity contribution in [3.05, 3.63) is 57.8 Å². The van der Waals surface area contributed by atoms with Crippen molar-refractivity contribution < 1.29 is 4.79 Å². The number of nitrogens with zero attached hydrogens (tertiary/aromatic N) is 4. The fraction of sp³-hybridized carbons (Fsp3) is 0.294. The third-order valence-electron chi connectivity index (χ3n) is 3.60. The van der Waals surface area contributed by atoms with E-state index < -0.39 is 0 Å². The molecule has 3 rings (SSSR count). The minimum atomic E-state index is -0.0370. The summed E-state index contributed by atoms with van der Waals surface area (Å²) in [6.45, 7) is 2.53. The van der Waals surface area contributed by atoms with Gasteiger partial charge in [0.25, 0.3) is 5.91 Å². The third kappa shape index (κ3) is 4.67. The van der Waals surface area contributed by atoms with Crippen LogP contribution in [0.2, 0.25) is 0 Å². The van der Waals surface area contributed by atoms with E-state index in [1.165, 1.54) is 11.3 Å². The maximum Gasteiger partial charge on any atom is 0.261 e. The Kier molecular flexibility index (Phi) is 5.83. The zero-order valence-electron chi connectivity index (χ0n) is 14.1. The molecule has 3 heterocycles. The van der Waals surface area contributed by atoms with E-state index in [0.29, 0.717) is 13.0 Å². The number of rotatable bonds is 7. The van der Waals surface area contributed by atoms with Gasteiger partial charge < -0.3 is 9.88 Å². The second-order valence-corrected chi connectivity index (χ2v) is 7.71. The van der Waals surface area contributed by atoms with Crippen LogP contribution in [0, 0.1) is 6.92 Å². The quantitative estimate of drug-likeness (QED) is 0.645. The van der Waals surface area contributed by atoms with Gasteiger partial charge in [0, 0.05) is 36.8 Å². The third-order valence-corrected chi connectivity index (χ3v) is 5.65. The van der Waals surface area contributed by atoms with Gasteiger partial charge >= 0.3 is 0 Å². The first kappa shape index (κ1) is 17.6. The first-order valence-corrected chi connectivity index (χ1v) is 9.69. The molecule has 130 valence electrons. The number of carbonyl (C=O) groups is 1. The van der Waals surface area contributed by atoms with Gasteiger partial charge in [0.1, 0.15) is 5.82 Å². The van der Waals surface area contributed by atoms with Gasteiger partial charge in [0.15, 0.2) is 5.16 Å². The van der Waals surface area contributed by atoms with Crippen molar-refractivity contribution in [3.63, 3.8) is 0 Å². The molecule has 0 aliphatic heterocycles. The molecule has 0 saturated carbocycles. The fourth-order valence-corrected chi connectivity index (χ4v) is 3.87. The molecular weight excluding hydrogens is 354 g/mol. The molecule has 3 aromatic rings. The van der Waals surface area contributed by atoms with Crippen LogP contribution >= 0.6 is 23.1 Å². The molecular formula is C17H19N5OS2. The summed E-state index contributed by atoms with van der Waals surface area (Å²) >= 11 is 3.10. The highest BCUT2D eigenvalue weighted by Gasteiger charge is 2.11. The predicted octanol–water partition coefficient (Wildman–Crippen LogP) is 2.84. The highest BCUT2D eigenvalue weighted by Crippen LogP contribution is 2.20. The van der Waals surface area contributed by atoms with Crippen molar-refractivity contribution in [1.82, 2.24) is 25.1 Å². The first-order chi connectivity index (χ1) is 12.1. The van der Waals surface area contributed by atoms with Crippen LogP contribution in [0.15, 0.2) is 41.7 Å². The maximum atomic E-state index is 12.0. The molecule has 6 nitrogen and oxygen atoms in total. The average Bonchev–Trinajstić information content (AvgIpc) is 3.21. The molecule has 25 heavy (non-hydrogen) atoms. The Bertz CT molecular complexity index is 844. The van der Waals surface area contributed by atoms with Crippen molar-refractivity contribution in [2.75, 3.05) is 6.54 Å². The van der Waals surface area contributed by atoms with Gasteiger partial charge in [-0.3, -0.25) is 9.78 Å². The summed E-state index contributed by atoms with van der Waals surface area (Å²) in [4.78, 5) is 18.2. The van der Waals surface area contributed by atoms with Gasteiger partial charge in [-0.1, -0.05) is 17.8 Å². The Hall–Kier alpha value is -2.19. The minimum Gasteiger partial charge on any atom is -0.351 e. The molecule has 0 radical (unpaired) electrons. The molecule has 0 atom stereocenters. The van der Waals surface area contributed by atoms with Crippen LogP contribution in [-0.2, 0) is 19.2 Å². The number of hydrogen-bond donors (Lipinski definition) is 1. The molecule has 0 fully saturated rings. The lowest BCUT2D eigenvalue weighted by Gasteiger charge is -2.05. The lowest BCUT2D eigenvalue weighted by atomic mass is 10.3. The van der Waals surface area contributed by atoms with Crippen molar-refractivity contribution in [3.8, 4) is 0 Å². The van der Waals surface area contributed by atoms with Crippen molar-refractivity contribution in [2.45, 2.75) is 24.3 Å². The van der Waals surface area contributed by atoms with Gasteiger partial charge in [-0.25, -0.2) is 0 Å². The van der Waals surface area contributed by atoms with E-state index in [2.05, 4.69) is 20.5 Å². The topological polar surface area (TPSA) is 72.7 Å². The second kappa shape index (κ2) is 8.26. The molecule has 0 aromatic carbocycles. The molecule has 0 aliphatic carbocycles. The lowest BCUT2D eigenvalue weighted by Crippen LogP contribution is -2.25. The summed E-state index contributed by atoms with van der Waals surface area (Å²) in [5.74, 6) is 1.57. The zero-order valence-corrected chi connectivity index (χ0v) is 15.7. The zero-order chi connectivity index (χ0) is 17.6. The highest BCUT2D eigenvalue weighted by atomic mass is 32.2. The number of amides is 1. The molecule has 1 N–H and O–H groups in total. The summed E-state index contributed by atoms with van der Waals surface area (Å²) in [5.41, 5.74) is 1.01. The summed E-state index contributed by atoms with van der Waals surface area (Å²) < 4.78 is 1.97. The van der Waals surface area contributed by atoms with E-state index in [4.69, 9.17) is 0 Å². The largest absolute Gasteiger partial charge is 0.351 e. The number of carbonyl (C=O) groups excluding carboxylic acids is 1. The van der Waals surface area contributed by atoms with E-state index in [1.54, 1.807) is 18.0 Å². The molecule has 1 amide bonds. The first-order valence-electron chi connectivity index (χ1n) is 7.89. The maximum absolute atomic E-state index is 12.0. The van der Waals surface area contributed by atoms with Crippen LogP contribution in [-0.4, -0.2) is 32.2 Å². The van der Waals surface area contributed by atoms with Crippen LogP contribution in [0.3, 0.4) is 0 Å². The van der Waals surface area contributed by atoms with E-state index >= 15 is 0 Å². The number of aromatic nitrogens is 4. The van der Waals surface area contributed by atoms with Gasteiger partial charge in [-0.2, -0.15) is 0 Å². The molecule has 8 heteroatoms. The Morgan fingerprint density at radius 3 is 2.88 bits per heavy atom. The number of aryl methyl sites for hydroxylation is 1. The van der Waals surface area contributed by atoms with Gasteiger partial charge in [-0.15, -0.1) is 21.5 Å². The fourth-order valence-electron chi connectivity index (χ4n) is 2.24. The second-order valence-electron chi connectivity index (χ2n) is 5.48. The Balaban J connectivity index is 1.50. The Morgan fingerprint density at radius 2 is 2.16 bits per heavy atom.